The summed E-state index contributed by atoms with van der Waals surface area (Å²) in [5, 5.41) is 4.67. The number of ether oxygens (including phenoxy) is 1. The molecule has 3 rings (SSSR count). The van der Waals surface area contributed by atoms with E-state index in [1.54, 1.807) is 0 Å². The second-order valence-corrected chi connectivity index (χ2v) is 5.85. The van der Waals surface area contributed by atoms with Gasteiger partial charge < -0.3 is 10.1 Å². The molecule has 18 heavy (non-hydrogen) atoms. The maximum absolute atomic E-state index is 6.23. The van der Waals surface area contributed by atoms with Crippen LogP contribution in [0.15, 0.2) is 24.3 Å². The summed E-state index contributed by atoms with van der Waals surface area (Å²) >= 11 is 6.23. The SMILES string of the molecule is Clc1ccccc1C1CC(NC2CCOCC2)C1. The maximum atomic E-state index is 6.23. The standard InChI is InChI=1S/C15H20ClNO/c16-15-4-2-1-3-14(15)11-9-13(10-11)17-12-5-7-18-8-6-12/h1-4,11-13,17H,5-10H2. The fraction of sp³-hybridized carbons (Fsp3) is 0.600. The Morgan fingerprint density at radius 1 is 1.06 bits per heavy atom. The van der Waals surface area contributed by atoms with E-state index in [1.165, 1.54) is 18.4 Å². The van der Waals surface area contributed by atoms with Crippen LogP contribution < -0.4 is 5.32 Å². The van der Waals surface area contributed by atoms with Gasteiger partial charge in [-0.2, -0.15) is 0 Å². The lowest BCUT2D eigenvalue weighted by Gasteiger charge is -2.40. The van der Waals surface area contributed by atoms with Gasteiger partial charge >= 0.3 is 0 Å². The van der Waals surface area contributed by atoms with E-state index >= 15 is 0 Å². The third-order valence-corrected chi connectivity index (χ3v) is 4.52. The van der Waals surface area contributed by atoms with Crippen LogP contribution >= 0.6 is 11.6 Å². The molecule has 0 atom stereocenters. The Hall–Kier alpha value is -0.570. The van der Waals surface area contributed by atoms with Gasteiger partial charge in [-0.25, -0.2) is 0 Å². The van der Waals surface area contributed by atoms with Crippen molar-refractivity contribution in [2.45, 2.75) is 43.7 Å². The Kier molecular flexibility index (Phi) is 3.88. The van der Waals surface area contributed by atoms with Crippen molar-refractivity contribution in [3.63, 3.8) is 0 Å². The van der Waals surface area contributed by atoms with Crippen molar-refractivity contribution in [1.82, 2.24) is 5.32 Å². The van der Waals surface area contributed by atoms with Crippen LogP contribution in [0.5, 0.6) is 0 Å². The predicted molar refractivity (Wildman–Crippen MR) is 74.2 cm³/mol. The Labute approximate surface area is 114 Å². The molecule has 1 aromatic carbocycles. The molecule has 0 aromatic heterocycles. The lowest BCUT2D eigenvalue weighted by atomic mass is 9.75. The van der Waals surface area contributed by atoms with Crippen molar-refractivity contribution in [3.05, 3.63) is 34.9 Å². The number of nitrogens with one attached hydrogen (secondary N) is 1. The van der Waals surface area contributed by atoms with Crippen LogP contribution in [0.25, 0.3) is 0 Å². The minimum Gasteiger partial charge on any atom is -0.381 e. The highest BCUT2D eigenvalue weighted by Crippen LogP contribution is 2.40. The minimum atomic E-state index is 0.649. The molecule has 0 spiro atoms. The quantitative estimate of drug-likeness (QED) is 0.905. The lowest BCUT2D eigenvalue weighted by Crippen LogP contribution is -2.47. The van der Waals surface area contributed by atoms with E-state index in [9.17, 15) is 0 Å². The van der Waals surface area contributed by atoms with Gasteiger partial charge in [-0.3, -0.25) is 0 Å². The van der Waals surface area contributed by atoms with Crippen LogP contribution in [-0.2, 0) is 4.74 Å². The van der Waals surface area contributed by atoms with Gasteiger partial charge in [0.25, 0.3) is 0 Å². The smallest absolute Gasteiger partial charge is 0.0480 e. The molecule has 0 unspecified atom stereocenters. The largest absolute Gasteiger partial charge is 0.381 e. The first-order valence-electron chi connectivity index (χ1n) is 6.91. The van der Waals surface area contributed by atoms with Crippen LogP contribution in [0.2, 0.25) is 5.02 Å². The van der Waals surface area contributed by atoms with E-state index in [1.807, 2.05) is 12.1 Å². The number of hydrogen-bond acceptors (Lipinski definition) is 2. The average Bonchev–Trinajstić information content (AvgIpc) is 2.36. The third kappa shape index (κ3) is 2.71. The molecule has 98 valence electrons. The highest BCUT2D eigenvalue weighted by molar-refractivity contribution is 6.31. The molecule has 1 aliphatic heterocycles. The summed E-state index contributed by atoms with van der Waals surface area (Å²) in [6, 6.07) is 9.58. The van der Waals surface area contributed by atoms with E-state index in [-0.39, 0.29) is 0 Å². The van der Waals surface area contributed by atoms with Gasteiger partial charge in [0.15, 0.2) is 0 Å². The van der Waals surface area contributed by atoms with Gasteiger partial charge in [0.2, 0.25) is 0 Å². The molecule has 1 saturated heterocycles. The molecular formula is C15H20ClNO. The molecule has 0 amide bonds. The monoisotopic (exact) mass is 265 g/mol. The second kappa shape index (κ2) is 5.60. The maximum Gasteiger partial charge on any atom is 0.0480 e. The summed E-state index contributed by atoms with van der Waals surface area (Å²) in [4.78, 5) is 0. The zero-order chi connectivity index (χ0) is 12.4. The van der Waals surface area contributed by atoms with Gasteiger partial charge in [0, 0.05) is 30.3 Å². The van der Waals surface area contributed by atoms with Crippen molar-refractivity contribution in [2.75, 3.05) is 13.2 Å². The first kappa shape index (κ1) is 12.5. The predicted octanol–water partition coefficient (Wildman–Crippen LogP) is 3.35. The normalized spacial score (nSPS) is 28.9. The lowest BCUT2D eigenvalue weighted by molar-refractivity contribution is 0.0698. The van der Waals surface area contributed by atoms with Crippen molar-refractivity contribution in [2.24, 2.45) is 0 Å². The summed E-state index contributed by atoms with van der Waals surface area (Å²) in [6.45, 7) is 1.83. The molecule has 1 heterocycles. The summed E-state index contributed by atoms with van der Waals surface area (Å²) in [5.74, 6) is 0.649. The molecule has 2 aliphatic rings. The van der Waals surface area contributed by atoms with Gasteiger partial charge in [0.1, 0.15) is 0 Å². The van der Waals surface area contributed by atoms with Crippen LogP contribution in [0.4, 0.5) is 0 Å². The molecule has 1 N–H and O–H groups in total. The zero-order valence-corrected chi connectivity index (χ0v) is 11.3. The Morgan fingerprint density at radius 2 is 1.78 bits per heavy atom. The van der Waals surface area contributed by atoms with E-state index in [2.05, 4.69) is 17.4 Å². The van der Waals surface area contributed by atoms with Crippen molar-refractivity contribution >= 4 is 11.6 Å². The van der Waals surface area contributed by atoms with Crippen LogP contribution in [0.1, 0.15) is 37.2 Å². The summed E-state index contributed by atoms with van der Waals surface area (Å²) < 4.78 is 5.38. The number of rotatable bonds is 3. The zero-order valence-electron chi connectivity index (χ0n) is 10.6. The van der Waals surface area contributed by atoms with Crippen LogP contribution in [-0.4, -0.2) is 25.3 Å². The fourth-order valence-corrected chi connectivity index (χ4v) is 3.30. The highest BCUT2D eigenvalue weighted by Gasteiger charge is 2.32. The summed E-state index contributed by atoms with van der Waals surface area (Å²) in [7, 11) is 0. The summed E-state index contributed by atoms with van der Waals surface area (Å²) in [5.41, 5.74) is 1.32. The number of benzene rings is 1. The number of halogens is 1. The minimum absolute atomic E-state index is 0.649. The van der Waals surface area contributed by atoms with E-state index in [4.69, 9.17) is 16.3 Å². The average molecular weight is 266 g/mol. The first-order valence-corrected chi connectivity index (χ1v) is 7.29. The third-order valence-electron chi connectivity index (χ3n) is 4.18. The van der Waals surface area contributed by atoms with E-state index < -0.39 is 0 Å². The molecule has 0 bridgehead atoms. The van der Waals surface area contributed by atoms with Crippen LogP contribution in [0.3, 0.4) is 0 Å². The molecule has 0 radical (unpaired) electrons. The van der Waals surface area contributed by atoms with Gasteiger partial charge in [0.05, 0.1) is 0 Å². The summed E-state index contributed by atoms with van der Waals surface area (Å²) in [6.07, 6.45) is 4.77. The fourth-order valence-electron chi connectivity index (χ4n) is 3.01. The second-order valence-electron chi connectivity index (χ2n) is 5.44. The molecule has 1 aliphatic carbocycles. The topological polar surface area (TPSA) is 21.3 Å². The number of hydrogen-bond donors (Lipinski definition) is 1. The van der Waals surface area contributed by atoms with Crippen molar-refractivity contribution in [1.29, 1.82) is 0 Å². The molecule has 1 saturated carbocycles. The molecule has 3 heteroatoms. The van der Waals surface area contributed by atoms with Crippen LogP contribution in [0, 0.1) is 0 Å². The Balaban J connectivity index is 1.49. The Morgan fingerprint density at radius 3 is 2.50 bits per heavy atom. The Bertz CT molecular complexity index is 397. The van der Waals surface area contributed by atoms with Gasteiger partial charge in [-0.15, -0.1) is 0 Å². The molecule has 2 nitrogen and oxygen atoms in total. The van der Waals surface area contributed by atoms with E-state index in [0.717, 1.165) is 31.1 Å². The highest BCUT2D eigenvalue weighted by atomic mass is 35.5. The van der Waals surface area contributed by atoms with Gasteiger partial charge in [-0.05, 0) is 43.2 Å². The molecular weight excluding hydrogens is 246 g/mol. The van der Waals surface area contributed by atoms with Gasteiger partial charge in [-0.1, -0.05) is 29.8 Å². The van der Waals surface area contributed by atoms with Crippen molar-refractivity contribution in [3.8, 4) is 0 Å². The molecule has 2 fully saturated rings. The first-order chi connectivity index (χ1) is 8.83. The molecule has 1 aromatic rings. The van der Waals surface area contributed by atoms with E-state index in [0.29, 0.717) is 18.0 Å². The van der Waals surface area contributed by atoms with Crippen molar-refractivity contribution < 1.29 is 4.74 Å².